The van der Waals surface area contributed by atoms with E-state index in [9.17, 15) is 14.4 Å². The number of hydrogen-bond donors (Lipinski definition) is 3. The molecule has 0 saturated heterocycles. The molecule has 0 unspecified atom stereocenters. The maximum Gasteiger partial charge on any atom is 0.291 e. The van der Waals surface area contributed by atoms with E-state index in [4.69, 9.17) is 0 Å². The van der Waals surface area contributed by atoms with Crippen LogP contribution in [-0.2, 0) is 9.59 Å². The molecular formula is C17H18N6O3. The zero-order chi connectivity index (χ0) is 18.9. The molecule has 0 spiro atoms. The van der Waals surface area contributed by atoms with Crippen molar-refractivity contribution in [2.45, 2.75) is 20.3 Å². The Hall–Kier alpha value is -3.62. The molecule has 3 amide bonds. The average molecular weight is 354 g/mol. The van der Waals surface area contributed by atoms with Gasteiger partial charge in [-0.05, 0) is 19.1 Å². The molecule has 0 aliphatic rings. The van der Waals surface area contributed by atoms with Gasteiger partial charge in [0.05, 0.1) is 24.0 Å². The Morgan fingerprint density at radius 1 is 1.04 bits per heavy atom. The van der Waals surface area contributed by atoms with Crippen LogP contribution in [0.5, 0.6) is 0 Å². The summed E-state index contributed by atoms with van der Waals surface area (Å²) in [5.74, 6) is -1.09. The third-order valence-electron chi connectivity index (χ3n) is 3.07. The number of para-hydroxylation sites is 2. The lowest BCUT2D eigenvalue weighted by atomic mass is 10.2. The first-order valence-electron chi connectivity index (χ1n) is 7.71. The quantitative estimate of drug-likeness (QED) is 0.536. The molecule has 2 aromatic rings. The van der Waals surface area contributed by atoms with E-state index in [0.717, 1.165) is 0 Å². The molecule has 3 N–H and O–H groups in total. The normalized spacial score (nSPS) is 10.8. The number of aromatic nitrogens is 2. The maximum atomic E-state index is 12.1. The van der Waals surface area contributed by atoms with E-state index in [2.05, 4.69) is 31.1 Å². The minimum absolute atomic E-state index is 0.0326. The van der Waals surface area contributed by atoms with Crippen LogP contribution in [0.2, 0.25) is 0 Å². The van der Waals surface area contributed by atoms with Crippen LogP contribution in [0.1, 0.15) is 30.8 Å². The van der Waals surface area contributed by atoms with Gasteiger partial charge in [0.1, 0.15) is 5.69 Å². The van der Waals surface area contributed by atoms with Crippen LogP contribution in [0.25, 0.3) is 0 Å². The van der Waals surface area contributed by atoms with E-state index in [1.54, 1.807) is 31.2 Å². The molecule has 0 bridgehead atoms. The van der Waals surface area contributed by atoms with Crippen molar-refractivity contribution in [2.75, 3.05) is 10.6 Å². The topological polar surface area (TPSA) is 125 Å². The van der Waals surface area contributed by atoms with Gasteiger partial charge in [-0.25, -0.2) is 10.4 Å². The Morgan fingerprint density at radius 3 is 2.35 bits per heavy atom. The Kier molecular flexibility index (Phi) is 6.49. The van der Waals surface area contributed by atoms with Gasteiger partial charge >= 0.3 is 0 Å². The van der Waals surface area contributed by atoms with Gasteiger partial charge in [0, 0.05) is 25.0 Å². The lowest BCUT2D eigenvalue weighted by Gasteiger charge is -2.11. The number of rotatable bonds is 6. The summed E-state index contributed by atoms with van der Waals surface area (Å²) < 4.78 is 0. The van der Waals surface area contributed by atoms with Gasteiger partial charge in [0.15, 0.2) is 0 Å². The summed E-state index contributed by atoms with van der Waals surface area (Å²) in [7, 11) is 0. The molecule has 1 heterocycles. The number of anilines is 2. The Labute approximate surface area is 149 Å². The molecule has 0 atom stereocenters. The van der Waals surface area contributed by atoms with E-state index < -0.39 is 5.91 Å². The Bertz CT molecular complexity index is 835. The van der Waals surface area contributed by atoms with E-state index in [1.165, 1.54) is 25.5 Å². The molecule has 9 nitrogen and oxygen atoms in total. The highest BCUT2D eigenvalue weighted by atomic mass is 16.2. The maximum absolute atomic E-state index is 12.1. The van der Waals surface area contributed by atoms with E-state index in [0.29, 0.717) is 17.1 Å². The van der Waals surface area contributed by atoms with E-state index in [-0.39, 0.29) is 23.9 Å². The van der Waals surface area contributed by atoms with Crippen LogP contribution in [-0.4, -0.2) is 33.4 Å². The van der Waals surface area contributed by atoms with Crippen molar-refractivity contribution in [3.63, 3.8) is 0 Å². The minimum Gasteiger partial charge on any atom is -0.325 e. The fourth-order valence-electron chi connectivity index (χ4n) is 1.98. The minimum atomic E-state index is -0.520. The lowest BCUT2D eigenvalue weighted by Crippen LogP contribution is -2.22. The zero-order valence-corrected chi connectivity index (χ0v) is 14.3. The molecule has 9 heteroatoms. The van der Waals surface area contributed by atoms with Crippen LogP contribution in [0.3, 0.4) is 0 Å². The highest BCUT2D eigenvalue weighted by molar-refractivity contribution is 6.07. The summed E-state index contributed by atoms with van der Waals surface area (Å²) in [6, 6.07) is 6.84. The molecule has 134 valence electrons. The fourth-order valence-corrected chi connectivity index (χ4v) is 1.98. The number of nitrogens with one attached hydrogen (secondary N) is 3. The molecule has 0 aliphatic carbocycles. The van der Waals surface area contributed by atoms with Crippen molar-refractivity contribution in [1.82, 2.24) is 15.4 Å². The van der Waals surface area contributed by atoms with Crippen LogP contribution in [0, 0.1) is 0 Å². The monoisotopic (exact) mass is 354 g/mol. The molecule has 26 heavy (non-hydrogen) atoms. The van der Waals surface area contributed by atoms with Crippen molar-refractivity contribution in [1.29, 1.82) is 0 Å². The van der Waals surface area contributed by atoms with Gasteiger partial charge in [-0.15, -0.1) is 0 Å². The third-order valence-corrected chi connectivity index (χ3v) is 3.07. The largest absolute Gasteiger partial charge is 0.325 e. The highest BCUT2D eigenvalue weighted by Gasteiger charge is 2.10. The fraction of sp³-hybridized carbons (Fsp3) is 0.176. The smallest absolute Gasteiger partial charge is 0.291 e. The predicted molar refractivity (Wildman–Crippen MR) is 96.6 cm³/mol. The molecule has 0 radical (unpaired) electrons. The first-order valence-corrected chi connectivity index (χ1v) is 7.71. The number of hydrogen-bond acceptors (Lipinski definition) is 6. The number of carbonyl (C=O) groups excluding carboxylic acids is 3. The summed E-state index contributed by atoms with van der Waals surface area (Å²) in [4.78, 5) is 42.8. The lowest BCUT2D eigenvalue weighted by molar-refractivity contribution is -0.115. The number of hydrazone groups is 1. The predicted octanol–water partition coefficient (Wildman–Crippen LogP) is 1.57. The first-order chi connectivity index (χ1) is 12.5. The van der Waals surface area contributed by atoms with Crippen molar-refractivity contribution >= 4 is 34.8 Å². The van der Waals surface area contributed by atoms with Crippen LogP contribution in [0.15, 0.2) is 48.0 Å². The molecule has 0 fully saturated rings. The third kappa shape index (κ3) is 5.78. The Morgan fingerprint density at radius 2 is 1.73 bits per heavy atom. The number of carbonyl (C=O) groups is 3. The van der Waals surface area contributed by atoms with Crippen LogP contribution >= 0.6 is 0 Å². The highest BCUT2D eigenvalue weighted by Crippen LogP contribution is 2.21. The standard InChI is InChI=1S/C17H18N6O3/c1-11(22-23-17(26)15-10-18-7-8-19-15)9-16(25)21-14-6-4-3-5-13(14)20-12(2)24/h3-8,10H,9H2,1-2H3,(H,20,24)(H,21,25)(H,23,26). The second-order valence-electron chi connectivity index (χ2n) is 5.33. The van der Waals surface area contributed by atoms with E-state index in [1.807, 2.05) is 0 Å². The van der Waals surface area contributed by atoms with Gasteiger partial charge in [-0.2, -0.15) is 5.10 Å². The average Bonchev–Trinajstić information content (AvgIpc) is 2.61. The molecule has 2 rings (SSSR count). The van der Waals surface area contributed by atoms with E-state index >= 15 is 0 Å². The summed E-state index contributed by atoms with van der Waals surface area (Å²) in [6.45, 7) is 2.99. The van der Waals surface area contributed by atoms with Crippen LogP contribution < -0.4 is 16.1 Å². The van der Waals surface area contributed by atoms with Crippen molar-refractivity contribution < 1.29 is 14.4 Å². The van der Waals surface area contributed by atoms with Gasteiger partial charge < -0.3 is 10.6 Å². The van der Waals surface area contributed by atoms with Gasteiger partial charge in [0.25, 0.3) is 5.91 Å². The molecule has 0 saturated carbocycles. The van der Waals surface area contributed by atoms with Gasteiger partial charge in [-0.3, -0.25) is 19.4 Å². The first kappa shape index (κ1) is 18.7. The number of amides is 3. The summed E-state index contributed by atoms with van der Waals surface area (Å²) >= 11 is 0. The molecular weight excluding hydrogens is 336 g/mol. The number of nitrogens with zero attached hydrogens (tertiary/aromatic N) is 3. The van der Waals surface area contributed by atoms with Crippen molar-refractivity contribution in [2.24, 2.45) is 5.10 Å². The summed E-state index contributed by atoms with van der Waals surface area (Å²) in [5.41, 5.74) is 3.81. The zero-order valence-electron chi connectivity index (χ0n) is 14.3. The molecule has 0 aliphatic heterocycles. The summed E-state index contributed by atoms with van der Waals surface area (Å²) in [6.07, 6.45) is 4.13. The van der Waals surface area contributed by atoms with Crippen molar-refractivity contribution in [3.8, 4) is 0 Å². The molecule has 1 aromatic carbocycles. The van der Waals surface area contributed by atoms with Gasteiger partial charge in [0.2, 0.25) is 11.8 Å². The number of benzene rings is 1. The molecule has 1 aromatic heterocycles. The van der Waals surface area contributed by atoms with Crippen LogP contribution in [0.4, 0.5) is 11.4 Å². The Balaban J connectivity index is 1.93. The van der Waals surface area contributed by atoms with Gasteiger partial charge in [-0.1, -0.05) is 12.1 Å². The second-order valence-corrected chi connectivity index (χ2v) is 5.33. The summed E-state index contributed by atoms with van der Waals surface area (Å²) in [5, 5.41) is 9.20. The second kappa shape index (κ2) is 9.02. The SMILES string of the molecule is CC(=O)Nc1ccccc1NC(=O)CC(C)=NNC(=O)c1cnccn1. The van der Waals surface area contributed by atoms with Crippen molar-refractivity contribution in [3.05, 3.63) is 48.5 Å².